The molecule has 1 aromatic carbocycles. The van der Waals surface area contributed by atoms with Gasteiger partial charge in [-0.2, -0.15) is 0 Å². The van der Waals surface area contributed by atoms with Gasteiger partial charge in [0.25, 0.3) is 0 Å². The van der Waals surface area contributed by atoms with Crippen molar-refractivity contribution in [1.29, 1.82) is 0 Å². The van der Waals surface area contributed by atoms with Crippen molar-refractivity contribution in [3.05, 3.63) is 54.5 Å². The molecule has 0 aliphatic rings. The Balaban J connectivity index is 1.97. The summed E-state index contributed by atoms with van der Waals surface area (Å²) in [6.07, 6.45) is 4.67. The van der Waals surface area contributed by atoms with Crippen LogP contribution in [-0.4, -0.2) is 18.5 Å². The third-order valence-electron chi connectivity index (χ3n) is 3.37. The third kappa shape index (κ3) is 4.25. The second kappa shape index (κ2) is 7.50. The van der Waals surface area contributed by atoms with Crippen LogP contribution in [0.1, 0.15) is 26.5 Å². The smallest absolute Gasteiger partial charge is 0.248 e. The summed E-state index contributed by atoms with van der Waals surface area (Å²) in [4.78, 5) is 14.1. The molecule has 0 saturated heterocycles. The quantitative estimate of drug-likeness (QED) is 0.814. The molecule has 0 saturated carbocycles. The molecule has 1 heterocycles. The van der Waals surface area contributed by atoms with Crippen molar-refractivity contribution >= 4 is 23.4 Å². The van der Waals surface area contributed by atoms with Gasteiger partial charge in [-0.05, 0) is 63.2 Å². The number of anilines is 2. The van der Waals surface area contributed by atoms with Crippen LogP contribution in [0.25, 0.3) is 6.08 Å². The van der Waals surface area contributed by atoms with Gasteiger partial charge in [0.05, 0.1) is 6.26 Å². The molecule has 0 radical (unpaired) electrons. The maximum absolute atomic E-state index is 11.8. The highest BCUT2D eigenvalue weighted by Crippen LogP contribution is 2.19. The standard InChI is InChI=1S/C18H22N2O2/c1-4-20(14(2)3)16-9-7-15(8-10-16)19-18(21)12-11-17-6-5-13-22-17/h5-14H,4H2,1-3H3,(H,19,21)/b12-11+. The van der Waals surface area contributed by atoms with E-state index in [0.29, 0.717) is 11.8 Å². The minimum atomic E-state index is -0.180. The van der Waals surface area contributed by atoms with E-state index in [0.717, 1.165) is 17.9 Å². The first-order chi connectivity index (χ1) is 10.6. The van der Waals surface area contributed by atoms with Crippen molar-refractivity contribution in [2.45, 2.75) is 26.8 Å². The molecule has 0 unspecified atom stereocenters. The second-order valence-corrected chi connectivity index (χ2v) is 5.26. The van der Waals surface area contributed by atoms with Crippen molar-refractivity contribution < 1.29 is 9.21 Å². The van der Waals surface area contributed by atoms with Gasteiger partial charge in [0.1, 0.15) is 5.76 Å². The summed E-state index contributed by atoms with van der Waals surface area (Å²) < 4.78 is 5.14. The lowest BCUT2D eigenvalue weighted by Gasteiger charge is -2.27. The Morgan fingerprint density at radius 3 is 2.55 bits per heavy atom. The Hall–Kier alpha value is -2.49. The maximum Gasteiger partial charge on any atom is 0.248 e. The van der Waals surface area contributed by atoms with E-state index in [1.165, 1.54) is 6.08 Å². The molecule has 1 N–H and O–H groups in total. The van der Waals surface area contributed by atoms with E-state index in [1.54, 1.807) is 24.5 Å². The fourth-order valence-corrected chi connectivity index (χ4v) is 2.31. The number of nitrogens with one attached hydrogen (secondary N) is 1. The summed E-state index contributed by atoms with van der Waals surface area (Å²) >= 11 is 0. The highest BCUT2D eigenvalue weighted by Gasteiger charge is 2.08. The fraction of sp³-hybridized carbons (Fsp3) is 0.278. The Labute approximate surface area is 131 Å². The van der Waals surface area contributed by atoms with Gasteiger partial charge in [0, 0.05) is 30.0 Å². The first-order valence-electron chi connectivity index (χ1n) is 7.49. The van der Waals surface area contributed by atoms with Gasteiger partial charge < -0.3 is 14.6 Å². The van der Waals surface area contributed by atoms with Crippen LogP contribution < -0.4 is 10.2 Å². The van der Waals surface area contributed by atoms with Crippen LogP contribution in [0.5, 0.6) is 0 Å². The zero-order valence-electron chi connectivity index (χ0n) is 13.2. The molecule has 1 amide bonds. The molecule has 116 valence electrons. The molecule has 0 bridgehead atoms. The lowest BCUT2D eigenvalue weighted by molar-refractivity contribution is -0.111. The highest BCUT2D eigenvalue weighted by atomic mass is 16.3. The topological polar surface area (TPSA) is 45.5 Å². The summed E-state index contributed by atoms with van der Waals surface area (Å²) in [5.74, 6) is 0.473. The Bertz CT molecular complexity index is 613. The monoisotopic (exact) mass is 298 g/mol. The molecule has 0 fully saturated rings. The number of carbonyl (C=O) groups excluding carboxylic acids is 1. The SMILES string of the molecule is CCN(c1ccc(NC(=O)/C=C/c2ccco2)cc1)C(C)C. The van der Waals surface area contributed by atoms with Crippen LogP contribution in [0.2, 0.25) is 0 Å². The Morgan fingerprint density at radius 2 is 2.00 bits per heavy atom. The van der Waals surface area contributed by atoms with Crippen molar-refractivity contribution in [3.8, 4) is 0 Å². The van der Waals surface area contributed by atoms with E-state index in [-0.39, 0.29) is 5.91 Å². The number of carbonyl (C=O) groups is 1. The number of nitrogens with zero attached hydrogens (tertiary/aromatic N) is 1. The number of hydrogen-bond acceptors (Lipinski definition) is 3. The average molecular weight is 298 g/mol. The van der Waals surface area contributed by atoms with E-state index in [2.05, 4.69) is 31.0 Å². The van der Waals surface area contributed by atoms with Crippen LogP contribution in [-0.2, 0) is 4.79 Å². The summed E-state index contributed by atoms with van der Waals surface area (Å²) in [5, 5.41) is 2.83. The van der Waals surface area contributed by atoms with E-state index in [1.807, 2.05) is 24.3 Å². The molecule has 0 aliphatic carbocycles. The summed E-state index contributed by atoms with van der Waals surface area (Å²) in [7, 11) is 0. The lowest BCUT2D eigenvalue weighted by Crippen LogP contribution is -2.30. The fourth-order valence-electron chi connectivity index (χ4n) is 2.31. The largest absolute Gasteiger partial charge is 0.465 e. The third-order valence-corrected chi connectivity index (χ3v) is 3.37. The molecule has 4 heteroatoms. The summed E-state index contributed by atoms with van der Waals surface area (Å²) in [6, 6.07) is 11.9. The predicted octanol–water partition coefficient (Wildman–Crippen LogP) is 4.17. The van der Waals surface area contributed by atoms with Crippen molar-refractivity contribution in [2.75, 3.05) is 16.8 Å². The molecule has 22 heavy (non-hydrogen) atoms. The van der Waals surface area contributed by atoms with Gasteiger partial charge in [-0.15, -0.1) is 0 Å². The van der Waals surface area contributed by atoms with Gasteiger partial charge >= 0.3 is 0 Å². The van der Waals surface area contributed by atoms with Crippen molar-refractivity contribution in [2.24, 2.45) is 0 Å². The van der Waals surface area contributed by atoms with E-state index in [4.69, 9.17) is 4.42 Å². The van der Waals surface area contributed by atoms with Gasteiger partial charge in [-0.25, -0.2) is 0 Å². The molecule has 0 spiro atoms. The molecule has 2 aromatic rings. The van der Waals surface area contributed by atoms with E-state index in [9.17, 15) is 4.79 Å². The van der Waals surface area contributed by atoms with Crippen LogP contribution in [0.3, 0.4) is 0 Å². The highest BCUT2D eigenvalue weighted by molar-refractivity contribution is 6.01. The summed E-state index contributed by atoms with van der Waals surface area (Å²) in [6.45, 7) is 7.42. The van der Waals surface area contributed by atoms with Crippen LogP contribution in [0.15, 0.2) is 53.2 Å². The molecule has 0 atom stereocenters. The van der Waals surface area contributed by atoms with Gasteiger partial charge in [0.15, 0.2) is 0 Å². The minimum Gasteiger partial charge on any atom is -0.465 e. The van der Waals surface area contributed by atoms with Crippen molar-refractivity contribution in [3.63, 3.8) is 0 Å². The molecule has 0 aliphatic heterocycles. The summed E-state index contributed by atoms with van der Waals surface area (Å²) in [5.41, 5.74) is 1.93. The molecule has 4 nitrogen and oxygen atoms in total. The second-order valence-electron chi connectivity index (χ2n) is 5.26. The zero-order valence-corrected chi connectivity index (χ0v) is 13.2. The lowest BCUT2D eigenvalue weighted by atomic mass is 10.2. The average Bonchev–Trinajstić information content (AvgIpc) is 3.01. The van der Waals surface area contributed by atoms with E-state index < -0.39 is 0 Å². The van der Waals surface area contributed by atoms with Crippen LogP contribution in [0, 0.1) is 0 Å². The molecule has 1 aromatic heterocycles. The number of rotatable bonds is 6. The molecular formula is C18H22N2O2. The Morgan fingerprint density at radius 1 is 1.27 bits per heavy atom. The molecule has 2 rings (SSSR count). The number of amides is 1. The normalized spacial score (nSPS) is 11.1. The van der Waals surface area contributed by atoms with Gasteiger partial charge in [-0.1, -0.05) is 0 Å². The number of hydrogen-bond donors (Lipinski definition) is 1. The first-order valence-corrected chi connectivity index (χ1v) is 7.49. The number of benzene rings is 1. The molecular weight excluding hydrogens is 276 g/mol. The number of furan rings is 1. The zero-order chi connectivity index (χ0) is 15.9. The van der Waals surface area contributed by atoms with Crippen LogP contribution in [0.4, 0.5) is 11.4 Å². The van der Waals surface area contributed by atoms with Crippen molar-refractivity contribution in [1.82, 2.24) is 0 Å². The van der Waals surface area contributed by atoms with Crippen LogP contribution >= 0.6 is 0 Å². The maximum atomic E-state index is 11.8. The first kappa shape index (κ1) is 15.9. The minimum absolute atomic E-state index is 0.180. The van der Waals surface area contributed by atoms with Gasteiger partial charge in [-0.3, -0.25) is 4.79 Å². The Kier molecular flexibility index (Phi) is 5.42. The predicted molar refractivity (Wildman–Crippen MR) is 91.0 cm³/mol. The van der Waals surface area contributed by atoms with E-state index >= 15 is 0 Å². The van der Waals surface area contributed by atoms with Gasteiger partial charge in [0.2, 0.25) is 5.91 Å².